The number of anilines is 1. The number of aryl methyl sites for hydroxylation is 1. The molecule has 0 aliphatic heterocycles. The number of nitrogens with one attached hydrogen (secondary N) is 2. The first-order valence-corrected chi connectivity index (χ1v) is 12.4. The molecular weight excluding hydrogens is 512 g/mol. The summed E-state index contributed by atoms with van der Waals surface area (Å²) in [7, 11) is 0. The van der Waals surface area contributed by atoms with E-state index in [0.29, 0.717) is 16.8 Å². The topological polar surface area (TPSA) is 144 Å². The van der Waals surface area contributed by atoms with Gasteiger partial charge in [-0.25, -0.2) is 0 Å². The Morgan fingerprint density at radius 1 is 0.725 bits per heavy atom. The van der Waals surface area contributed by atoms with Crippen molar-refractivity contribution in [3.8, 4) is 0 Å². The van der Waals surface area contributed by atoms with Gasteiger partial charge >= 0.3 is 0 Å². The number of benzene rings is 4. The van der Waals surface area contributed by atoms with E-state index in [1.807, 2.05) is 60.7 Å². The highest BCUT2D eigenvalue weighted by molar-refractivity contribution is 5.99. The highest BCUT2D eigenvalue weighted by Crippen LogP contribution is 2.26. The summed E-state index contributed by atoms with van der Waals surface area (Å²) in [4.78, 5) is 48.4. The Morgan fingerprint density at radius 2 is 1.25 bits per heavy atom. The minimum absolute atomic E-state index is 0.0535. The first kappa shape index (κ1) is 27.6. The highest BCUT2D eigenvalue weighted by Gasteiger charge is 2.28. The maximum absolute atomic E-state index is 13.8. The van der Waals surface area contributed by atoms with Gasteiger partial charge in [0, 0.05) is 36.4 Å². The standard InChI is InChI=1S/C30H26N4O6/c1-20-18-25(34(39)40)16-17-26(20)31-29(35)27(19-21-12-14-24(15-13-21)33(37)38)32-30(36)28(22-8-4-2-5-9-22)23-10-6-3-7-11-23/h2-18,27-28H,19H2,1H3,(H,31,35)(H,32,36)/t27-/m1/s1. The van der Waals surface area contributed by atoms with Crippen LogP contribution in [0.2, 0.25) is 0 Å². The van der Waals surface area contributed by atoms with Crippen LogP contribution in [0.1, 0.15) is 28.2 Å². The Hall–Kier alpha value is -5.38. The van der Waals surface area contributed by atoms with Crippen molar-refractivity contribution in [1.82, 2.24) is 5.32 Å². The van der Waals surface area contributed by atoms with Crippen LogP contribution in [-0.2, 0) is 16.0 Å². The zero-order valence-electron chi connectivity index (χ0n) is 21.5. The third-order valence-electron chi connectivity index (χ3n) is 6.43. The molecule has 0 saturated heterocycles. The maximum Gasteiger partial charge on any atom is 0.269 e. The summed E-state index contributed by atoms with van der Waals surface area (Å²) in [5, 5.41) is 27.8. The third kappa shape index (κ3) is 6.73. The molecule has 40 heavy (non-hydrogen) atoms. The molecule has 0 bridgehead atoms. The van der Waals surface area contributed by atoms with Crippen molar-refractivity contribution in [2.75, 3.05) is 5.32 Å². The molecule has 4 rings (SSSR count). The van der Waals surface area contributed by atoms with Crippen LogP contribution in [0.15, 0.2) is 103 Å². The molecule has 202 valence electrons. The summed E-state index contributed by atoms with van der Waals surface area (Å²) in [5.74, 6) is -1.64. The molecule has 2 N–H and O–H groups in total. The molecule has 0 heterocycles. The largest absolute Gasteiger partial charge is 0.343 e. The normalized spacial score (nSPS) is 11.4. The molecule has 4 aromatic carbocycles. The lowest BCUT2D eigenvalue weighted by Crippen LogP contribution is -2.47. The van der Waals surface area contributed by atoms with Gasteiger partial charge in [0.15, 0.2) is 0 Å². The molecule has 1 atom stereocenters. The van der Waals surface area contributed by atoms with Gasteiger partial charge in [0.2, 0.25) is 11.8 Å². The Bertz CT molecular complexity index is 1490. The second-order valence-corrected chi connectivity index (χ2v) is 9.19. The lowest BCUT2D eigenvalue weighted by Gasteiger charge is -2.23. The number of non-ortho nitro benzene ring substituents is 2. The molecule has 0 spiro atoms. The van der Waals surface area contributed by atoms with Crippen LogP contribution >= 0.6 is 0 Å². The fourth-order valence-electron chi connectivity index (χ4n) is 4.36. The van der Waals surface area contributed by atoms with Crippen LogP contribution in [-0.4, -0.2) is 27.7 Å². The Labute approximate surface area is 230 Å². The van der Waals surface area contributed by atoms with Gasteiger partial charge in [-0.3, -0.25) is 29.8 Å². The van der Waals surface area contributed by atoms with E-state index in [2.05, 4.69) is 10.6 Å². The minimum Gasteiger partial charge on any atom is -0.343 e. The quantitative estimate of drug-likeness (QED) is 0.207. The molecule has 0 aliphatic rings. The van der Waals surface area contributed by atoms with Crippen LogP contribution < -0.4 is 10.6 Å². The average molecular weight is 539 g/mol. The van der Waals surface area contributed by atoms with E-state index in [4.69, 9.17) is 0 Å². The predicted octanol–water partition coefficient (Wildman–Crippen LogP) is 5.31. The molecule has 0 unspecified atom stereocenters. The number of carbonyl (C=O) groups is 2. The van der Waals surface area contributed by atoms with E-state index in [0.717, 1.165) is 11.1 Å². The van der Waals surface area contributed by atoms with E-state index in [1.54, 1.807) is 6.92 Å². The second-order valence-electron chi connectivity index (χ2n) is 9.19. The van der Waals surface area contributed by atoms with Crippen molar-refractivity contribution >= 4 is 28.9 Å². The number of nitrogens with zero attached hydrogens (tertiary/aromatic N) is 2. The van der Waals surface area contributed by atoms with Crippen LogP contribution in [0, 0.1) is 27.2 Å². The van der Waals surface area contributed by atoms with Crippen molar-refractivity contribution in [2.24, 2.45) is 0 Å². The van der Waals surface area contributed by atoms with Gasteiger partial charge < -0.3 is 10.6 Å². The summed E-state index contributed by atoms with van der Waals surface area (Å²) in [6.45, 7) is 1.63. The van der Waals surface area contributed by atoms with Crippen molar-refractivity contribution in [2.45, 2.75) is 25.3 Å². The first-order valence-electron chi connectivity index (χ1n) is 12.4. The molecule has 0 saturated carbocycles. The number of nitro benzene ring substituents is 2. The minimum atomic E-state index is -1.06. The predicted molar refractivity (Wildman–Crippen MR) is 150 cm³/mol. The van der Waals surface area contributed by atoms with E-state index in [-0.39, 0.29) is 17.8 Å². The Balaban J connectivity index is 1.65. The summed E-state index contributed by atoms with van der Waals surface area (Å²) >= 11 is 0. The van der Waals surface area contributed by atoms with Gasteiger partial charge in [0.25, 0.3) is 11.4 Å². The Kier molecular flexibility index (Phi) is 8.60. The number of carbonyl (C=O) groups excluding carboxylic acids is 2. The maximum atomic E-state index is 13.8. The summed E-state index contributed by atoms with van der Waals surface area (Å²) in [5.41, 5.74) is 2.72. The van der Waals surface area contributed by atoms with E-state index < -0.39 is 33.6 Å². The lowest BCUT2D eigenvalue weighted by molar-refractivity contribution is -0.385. The molecule has 0 radical (unpaired) electrons. The fourth-order valence-corrected chi connectivity index (χ4v) is 4.36. The van der Waals surface area contributed by atoms with Crippen LogP contribution in [0.25, 0.3) is 0 Å². The van der Waals surface area contributed by atoms with Gasteiger partial charge in [-0.2, -0.15) is 0 Å². The molecule has 0 aromatic heterocycles. The van der Waals surface area contributed by atoms with E-state index in [1.165, 1.54) is 42.5 Å². The van der Waals surface area contributed by atoms with Gasteiger partial charge in [-0.05, 0) is 35.2 Å². The average Bonchev–Trinajstić information content (AvgIpc) is 2.95. The first-order chi connectivity index (χ1) is 19.2. The highest BCUT2D eigenvalue weighted by atomic mass is 16.6. The van der Waals surface area contributed by atoms with Crippen LogP contribution in [0.3, 0.4) is 0 Å². The van der Waals surface area contributed by atoms with Gasteiger partial charge in [-0.1, -0.05) is 72.8 Å². The van der Waals surface area contributed by atoms with Crippen molar-refractivity contribution in [1.29, 1.82) is 0 Å². The van der Waals surface area contributed by atoms with Crippen molar-refractivity contribution in [3.05, 3.63) is 146 Å². The van der Waals surface area contributed by atoms with Gasteiger partial charge in [0.05, 0.1) is 15.8 Å². The lowest BCUT2D eigenvalue weighted by atomic mass is 9.90. The monoisotopic (exact) mass is 538 g/mol. The molecule has 0 aliphatic carbocycles. The molecule has 10 nitrogen and oxygen atoms in total. The molecule has 4 aromatic rings. The second kappa shape index (κ2) is 12.4. The fraction of sp³-hybridized carbons (Fsp3) is 0.133. The smallest absolute Gasteiger partial charge is 0.269 e. The zero-order chi connectivity index (χ0) is 28.6. The number of amides is 2. The number of hydrogen-bond acceptors (Lipinski definition) is 6. The van der Waals surface area contributed by atoms with E-state index in [9.17, 15) is 29.8 Å². The molecular formula is C30H26N4O6. The number of hydrogen-bond donors (Lipinski definition) is 2. The molecule has 2 amide bonds. The molecule has 10 heteroatoms. The van der Waals surface area contributed by atoms with Crippen LogP contribution in [0.4, 0.5) is 17.1 Å². The number of nitro groups is 2. The van der Waals surface area contributed by atoms with Gasteiger partial charge in [-0.15, -0.1) is 0 Å². The van der Waals surface area contributed by atoms with Crippen molar-refractivity contribution in [3.63, 3.8) is 0 Å². The van der Waals surface area contributed by atoms with Crippen molar-refractivity contribution < 1.29 is 19.4 Å². The van der Waals surface area contributed by atoms with Crippen LogP contribution in [0.5, 0.6) is 0 Å². The summed E-state index contributed by atoms with van der Waals surface area (Å²) in [6, 6.07) is 27.1. The summed E-state index contributed by atoms with van der Waals surface area (Å²) in [6.07, 6.45) is 0.0535. The Morgan fingerprint density at radius 3 is 1.75 bits per heavy atom. The van der Waals surface area contributed by atoms with Gasteiger partial charge in [0.1, 0.15) is 6.04 Å². The summed E-state index contributed by atoms with van der Waals surface area (Å²) < 4.78 is 0. The number of rotatable bonds is 10. The third-order valence-corrected chi connectivity index (χ3v) is 6.43. The van der Waals surface area contributed by atoms with E-state index >= 15 is 0 Å². The zero-order valence-corrected chi connectivity index (χ0v) is 21.5. The molecule has 0 fully saturated rings. The SMILES string of the molecule is Cc1cc([N+](=O)[O-])ccc1NC(=O)[C@@H](Cc1ccc([N+](=O)[O-])cc1)NC(=O)C(c1ccccc1)c1ccccc1.